The Hall–Kier alpha value is -0.160. The van der Waals surface area contributed by atoms with Crippen LogP contribution < -0.4 is 0 Å². The van der Waals surface area contributed by atoms with Gasteiger partial charge in [-0.25, -0.2) is 0 Å². The molecule has 1 saturated heterocycles. The predicted octanol–water partition coefficient (Wildman–Crippen LogP) is -1.12. The molecular formula is C7H14O4. The van der Waals surface area contributed by atoms with Crippen molar-refractivity contribution in [1.29, 1.82) is 0 Å². The van der Waals surface area contributed by atoms with Crippen molar-refractivity contribution in [3.05, 3.63) is 0 Å². The Morgan fingerprint density at radius 2 is 1.18 bits per heavy atom. The Labute approximate surface area is 65.4 Å². The van der Waals surface area contributed by atoms with Crippen molar-refractivity contribution in [3.8, 4) is 0 Å². The summed E-state index contributed by atoms with van der Waals surface area (Å²) in [6, 6.07) is 0. The Morgan fingerprint density at radius 3 is 1.55 bits per heavy atom. The minimum absolute atomic E-state index is 0.414. The van der Waals surface area contributed by atoms with Crippen LogP contribution >= 0.6 is 0 Å². The molecule has 0 bridgehead atoms. The molecule has 1 rings (SSSR count). The summed E-state index contributed by atoms with van der Waals surface area (Å²) in [7, 11) is 0. The highest BCUT2D eigenvalue weighted by Crippen LogP contribution is 2.19. The minimum atomic E-state index is -1.09. The normalized spacial score (nSPS) is 52.6. The average Bonchev–Trinajstić information content (AvgIpc) is 1.97. The highest BCUT2D eigenvalue weighted by atomic mass is 16.5. The van der Waals surface area contributed by atoms with Gasteiger partial charge in [0.2, 0.25) is 0 Å². The molecule has 5 atom stereocenters. The third-order valence-electron chi connectivity index (χ3n) is 2.09. The third-order valence-corrected chi connectivity index (χ3v) is 2.09. The summed E-state index contributed by atoms with van der Waals surface area (Å²) in [6.45, 7) is 3.33. The van der Waals surface area contributed by atoms with E-state index in [0.717, 1.165) is 0 Å². The smallest absolute Gasteiger partial charge is 0.111 e. The molecule has 0 aromatic carbocycles. The SMILES string of the molecule is CC1O[C@@H](C)[C@@H](O)C(O)[C@@H]1O. The predicted molar refractivity (Wildman–Crippen MR) is 38.0 cm³/mol. The van der Waals surface area contributed by atoms with E-state index in [2.05, 4.69) is 0 Å². The summed E-state index contributed by atoms with van der Waals surface area (Å²) in [5.74, 6) is 0. The Bertz CT molecular complexity index is 124. The number of aliphatic hydroxyl groups is 3. The molecule has 0 saturated carbocycles. The fourth-order valence-corrected chi connectivity index (χ4v) is 1.26. The largest absolute Gasteiger partial charge is 0.388 e. The van der Waals surface area contributed by atoms with Crippen molar-refractivity contribution in [2.45, 2.75) is 44.4 Å². The third kappa shape index (κ3) is 1.54. The molecule has 0 amide bonds. The maximum atomic E-state index is 9.21. The fourth-order valence-electron chi connectivity index (χ4n) is 1.26. The van der Waals surface area contributed by atoms with Gasteiger partial charge in [-0.3, -0.25) is 0 Å². The molecule has 0 aromatic heterocycles. The van der Waals surface area contributed by atoms with Crippen molar-refractivity contribution < 1.29 is 20.1 Å². The minimum Gasteiger partial charge on any atom is -0.388 e. The topological polar surface area (TPSA) is 69.9 Å². The number of ether oxygens (including phenoxy) is 1. The van der Waals surface area contributed by atoms with Crippen LogP contribution in [0, 0.1) is 0 Å². The van der Waals surface area contributed by atoms with Crippen molar-refractivity contribution in [2.24, 2.45) is 0 Å². The first-order chi connectivity index (χ1) is 5.04. The van der Waals surface area contributed by atoms with Gasteiger partial charge < -0.3 is 20.1 Å². The molecule has 4 heteroatoms. The van der Waals surface area contributed by atoms with E-state index in [1.807, 2.05) is 0 Å². The molecule has 1 fully saturated rings. The van der Waals surface area contributed by atoms with Gasteiger partial charge in [-0.05, 0) is 13.8 Å². The van der Waals surface area contributed by atoms with Crippen LogP contribution in [0.5, 0.6) is 0 Å². The quantitative estimate of drug-likeness (QED) is 0.422. The molecule has 1 heterocycles. The first kappa shape index (κ1) is 8.93. The van der Waals surface area contributed by atoms with Crippen LogP contribution in [0.15, 0.2) is 0 Å². The van der Waals surface area contributed by atoms with E-state index in [4.69, 9.17) is 4.74 Å². The van der Waals surface area contributed by atoms with Crippen LogP contribution in [0.4, 0.5) is 0 Å². The Morgan fingerprint density at radius 1 is 0.818 bits per heavy atom. The second-order valence-electron chi connectivity index (χ2n) is 3.02. The van der Waals surface area contributed by atoms with Gasteiger partial charge in [0.1, 0.15) is 18.3 Å². The van der Waals surface area contributed by atoms with Crippen molar-refractivity contribution >= 4 is 0 Å². The van der Waals surface area contributed by atoms with E-state index in [0.29, 0.717) is 0 Å². The van der Waals surface area contributed by atoms with Crippen molar-refractivity contribution in [1.82, 2.24) is 0 Å². The molecule has 0 aromatic rings. The van der Waals surface area contributed by atoms with E-state index in [-0.39, 0.29) is 0 Å². The molecule has 1 aliphatic rings. The van der Waals surface area contributed by atoms with Gasteiger partial charge in [-0.1, -0.05) is 0 Å². The zero-order valence-corrected chi connectivity index (χ0v) is 6.64. The van der Waals surface area contributed by atoms with Gasteiger partial charge in [0.25, 0.3) is 0 Å². The summed E-state index contributed by atoms with van der Waals surface area (Å²) in [5.41, 5.74) is 0. The van der Waals surface area contributed by atoms with E-state index in [1.165, 1.54) is 0 Å². The van der Waals surface area contributed by atoms with Crippen LogP contribution in [0.3, 0.4) is 0 Å². The first-order valence-electron chi connectivity index (χ1n) is 3.73. The second kappa shape index (κ2) is 3.06. The van der Waals surface area contributed by atoms with E-state index in [9.17, 15) is 15.3 Å². The maximum Gasteiger partial charge on any atom is 0.111 e. The lowest BCUT2D eigenvalue weighted by Crippen LogP contribution is -2.55. The van der Waals surface area contributed by atoms with Gasteiger partial charge in [0.05, 0.1) is 12.2 Å². The lowest BCUT2D eigenvalue weighted by atomic mass is 9.97. The molecule has 3 N–H and O–H groups in total. The molecule has 1 aliphatic heterocycles. The summed E-state index contributed by atoms with van der Waals surface area (Å²) >= 11 is 0. The molecular weight excluding hydrogens is 148 g/mol. The number of hydrogen-bond acceptors (Lipinski definition) is 4. The molecule has 4 nitrogen and oxygen atoms in total. The van der Waals surface area contributed by atoms with Gasteiger partial charge in [0.15, 0.2) is 0 Å². The van der Waals surface area contributed by atoms with Crippen LogP contribution in [-0.2, 0) is 4.74 Å². The second-order valence-corrected chi connectivity index (χ2v) is 3.02. The van der Waals surface area contributed by atoms with E-state index in [1.54, 1.807) is 13.8 Å². The van der Waals surface area contributed by atoms with Crippen molar-refractivity contribution in [3.63, 3.8) is 0 Å². The summed E-state index contributed by atoms with van der Waals surface area (Å²) in [4.78, 5) is 0. The first-order valence-corrected chi connectivity index (χ1v) is 3.73. The molecule has 0 radical (unpaired) electrons. The summed E-state index contributed by atoms with van der Waals surface area (Å²) < 4.78 is 5.12. The molecule has 2 unspecified atom stereocenters. The highest BCUT2D eigenvalue weighted by molar-refractivity contribution is 4.88. The number of hydrogen-bond donors (Lipinski definition) is 3. The summed E-state index contributed by atoms with van der Waals surface area (Å²) in [5, 5.41) is 27.6. The Balaban J connectivity index is 2.63. The van der Waals surface area contributed by atoms with Crippen LogP contribution in [0.2, 0.25) is 0 Å². The Kier molecular flexibility index (Phi) is 2.49. The zero-order chi connectivity index (χ0) is 8.59. The van der Waals surface area contributed by atoms with Gasteiger partial charge >= 0.3 is 0 Å². The van der Waals surface area contributed by atoms with E-state index >= 15 is 0 Å². The monoisotopic (exact) mass is 162 g/mol. The highest BCUT2D eigenvalue weighted by Gasteiger charge is 2.39. The standard InChI is InChI=1S/C7H14O4/c1-3-5(8)7(10)6(9)4(2)11-3/h3-10H,1-2H3/t3-,4?,5+,6+,7?/m0/s1. The van der Waals surface area contributed by atoms with Gasteiger partial charge in [0, 0.05) is 0 Å². The van der Waals surface area contributed by atoms with Crippen LogP contribution in [0.1, 0.15) is 13.8 Å². The molecule has 66 valence electrons. The van der Waals surface area contributed by atoms with Crippen molar-refractivity contribution in [2.75, 3.05) is 0 Å². The van der Waals surface area contributed by atoms with Gasteiger partial charge in [-0.15, -0.1) is 0 Å². The number of rotatable bonds is 0. The number of aliphatic hydroxyl groups excluding tert-OH is 3. The lowest BCUT2D eigenvalue weighted by molar-refractivity contribution is -0.211. The maximum absolute atomic E-state index is 9.21. The zero-order valence-electron chi connectivity index (χ0n) is 6.64. The van der Waals surface area contributed by atoms with Gasteiger partial charge in [-0.2, -0.15) is 0 Å². The van der Waals surface area contributed by atoms with E-state index < -0.39 is 30.5 Å². The average molecular weight is 162 g/mol. The summed E-state index contributed by atoms with van der Waals surface area (Å²) in [6.07, 6.45) is -3.89. The fraction of sp³-hybridized carbons (Fsp3) is 1.00. The molecule has 11 heavy (non-hydrogen) atoms. The molecule has 0 spiro atoms. The van der Waals surface area contributed by atoms with Crippen LogP contribution in [-0.4, -0.2) is 45.8 Å². The molecule has 0 aliphatic carbocycles. The van der Waals surface area contributed by atoms with Crippen LogP contribution in [0.25, 0.3) is 0 Å². The lowest BCUT2D eigenvalue weighted by Gasteiger charge is -2.37.